The lowest BCUT2D eigenvalue weighted by molar-refractivity contribution is -0.384. The first-order valence-electron chi connectivity index (χ1n) is 8.14. The Bertz CT molecular complexity index is 853. The Morgan fingerprint density at radius 3 is 2.42 bits per heavy atom. The van der Waals surface area contributed by atoms with Gasteiger partial charge >= 0.3 is 0 Å². The highest BCUT2D eigenvalue weighted by Gasteiger charge is 2.59. The average molecular weight is 376 g/mol. The molecule has 26 heavy (non-hydrogen) atoms. The Labute approximate surface area is 152 Å². The molecule has 1 aromatic rings. The molecule has 2 fully saturated rings. The number of nitrogens with one attached hydrogen (secondary N) is 1. The van der Waals surface area contributed by atoms with Crippen molar-refractivity contribution in [2.45, 2.75) is 6.42 Å². The predicted molar refractivity (Wildman–Crippen MR) is 91.2 cm³/mol. The first-order chi connectivity index (χ1) is 12.4. The summed E-state index contributed by atoms with van der Waals surface area (Å²) in [4.78, 5) is 48.6. The molecule has 1 saturated heterocycles. The standard InChI is InChI=1S/C17H14ClN3O5/c18-11-4-3-10(6-12(11)21(25)26)19-13(22)7-20-16(23)14-8-1-2-9(5-8)15(14)17(20)24/h1-4,6,8-9,14-15H,5,7H2,(H,19,22)/t8-,9-,14-,15-/m0/s1. The Balaban J connectivity index is 1.46. The van der Waals surface area contributed by atoms with E-state index < -0.39 is 17.4 Å². The summed E-state index contributed by atoms with van der Waals surface area (Å²) in [6.07, 6.45) is 4.78. The zero-order valence-electron chi connectivity index (χ0n) is 13.4. The monoisotopic (exact) mass is 375 g/mol. The second-order valence-corrected chi connectivity index (χ2v) is 7.14. The zero-order chi connectivity index (χ0) is 18.6. The van der Waals surface area contributed by atoms with Gasteiger partial charge in [-0.25, -0.2) is 0 Å². The lowest BCUT2D eigenvalue weighted by Crippen LogP contribution is -2.39. The van der Waals surface area contributed by atoms with Crippen molar-refractivity contribution < 1.29 is 19.3 Å². The number of hydrogen-bond donors (Lipinski definition) is 1. The van der Waals surface area contributed by atoms with Crippen molar-refractivity contribution >= 4 is 40.7 Å². The molecule has 0 radical (unpaired) electrons. The number of amides is 3. The van der Waals surface area contributed by atoms with E-state index in [1.54, 1.807) is 0 Å². The third-order valence-corrected chi connectivity index (χ3v) is 5.61. The van der Waals surface area contributed by atoms with Gasteiger partial charge in [0.2, 0.25) is 17.7 Å². The fourth-order valence-corrected chi connectivity index (χ4v) is 4.38. The Kier molecular flexibility index (Phi) is 3.80. The van der Waals surface area contributed by atoms with Crippen LogP contribution in [-0.4, -0.2) is 34.1 Å². The normalized spacial score (nSPS) is 28.6. The van der Waals surface area contributed by atoms with E-state index in [0.717, 1.165) is 17.4 Å². The minimum Gasteiger partial charge on any atom is -0.324 e. The van der Waals surface area contributed by atoms with Gasteiger partial charge in [-0.15, -0.1) is 0 Å². The third-order valence-electron chi connectivity index (χ3n) is 5.29. The number of fused-ring (bicyclic) bond motifs is 5. The molecule has 4 atom stereocenters. The number of nitro benzene ring substituents is 1. The molecule has 2 bridgehead atoms. The van der Waals surface area contributed by atoms with Crippen LogP contribution in [-0.2, 0) is 14.4 Å². The van der Waals surface area contributed by atoms with Gasteiger partial charge in [-0.3, -0.25) is 29.4 Å². The van der Waals surface area contributed by atoms with Crippen molar-refractivity contribution in [3.8, 4) is 0 Å². The van der Waals surface area contributed by atoms with Gasteiger partial charge in [0.15, 0.2) is 0 Å². The molecule has 1 saturated carbocycles. The summed E-state index contributed by atoms with van der Waals surface area (Å²) < 4.78 is 0. The topological polar surface area (TPSA) is 110 Å². The summed E-state index contributed by atoms with van der Waals surface area (Å²) in [7, 11) is 0. The van der Waals surface area contributed by atoms with Crippen molar-refractivity contribution in [1.82, 2.24) is 4.90 Å². The first-order valence-corrected chi connectivity index (χ1v) is 8.52. The van der Waals surface area contributed by atoms with E-state index in [9.17, 15) is 24.5 Å². The maximum Gasteiger partial charge on any atom is 0.289 e. The fraction of sp³-hybridized carbons (Fsp3) is 0.353. The molecule has 0 aromatic heterocycles. The van der Waals surface area contributed by atoms with E-state index in [2.05, 4.69) is 5.32 Å². The lowest BCUT2D eigenvalue weighted by atomic mass is 9.85. The molecule has 8 nitrogen and oxygen atoms in total. The minimum atomic E-state index is -0.657. The number of anilines is 1. The van der Waals surface area contributed by atoms with Gasteiger partial charge in [0.1, 0.15) is 11.6 Å². The van der Waals surface area contributed by atoms with Crippen LogP contribution in [0.1, 0.15) is 6.42 Å². The Morgan fingerprint density at radius 2 is 1.85 bits per heavy atom. The van der Waals surface area contributed by atoms with Crippen molar-refractivity contribution in [2.24, 2.45) is 23.7 Å². The number of nitrogens with zero attached hydrogens (tertiary/aromatic N) is 2. The SMILES string of the molecule is O=C(CN1C(=O)[C@@H]2[C@@H](C1=O)[C@H]1C=C[C@H]2C1)Nc1ccc(Cl)c([N+](=O)[O-])c1. The molecule has 1 aromatic carbocycles. The average Bonchev–Trinajstić information content (AvgIpc) is 3.26. The van der Waals surface area contributed by atoms with Crippen LogP contribution >= 0.6 is 11.6 Å². The summed E-state index contributed by atoms with van der Waals surface area (Å²) in [6, 6.07) is 3.85. The van der Waals surface area contributed by atoms with Gasteiger partial charge in [-0.1, -0.05) is 23.8 Å². The van der Waals surface area contributed by atoms with Gasteiger partial charge in [-0.2, -0.15) is 0 Å². The lowest BCUT2D eigenvalue weighted by Gasteiger charge is -2.16. The number of carbonyl (C=O) groups is 3. The Hall–Kier alpha value is -2.74. The molecule has 1 heterocycles. The molecule has 0 spiro atoms. The van der Waals surface area contributed by atoms with Gasteiger partial charge < -0.3 is 5.32 Å². The maximum atomic E-state index is 12.5. The van der Waals surface area contributed by atoms with E-state index in [1.807, 2.05) is 12.2 Å². The van der Waals surface area contributed by atoms with Crippen molar-refractivity contribution in [3.63, 3.8) is 0 Å². The predicted octanol–water partition coefficient (Wildman–Crippen LogP) is 1.99. The number of halogens is 1. The quantitative estimate of drug-likeness (QED) is 0.374. The number of carbonyl (C=O) groups excluding carboxylic acids is 3. The second-order valence-electron chi connectivity index (χ2n) is 6.73. The molecule has 4 rings (SSSR count). The van der Waals surface area contributed by atoms with Crippen LogP contribution in [0.4, 0.5) is 11.4 Å². The van der Waals surface area contributed by atoms with E-state index >= 15 is 0 Å². The van der Waals surface area contributed by atoms with E-state index in [-0.39, 0.29) is 51.9 Å². The molecule has 1 aliphatic heterocycles. The summed E-state index contributed by atoms with van der Waals surface area (Å²) >= 11 is 5.73. The number of likely N-dealkylation sites (tertiary alicyclic amines) is 1. The highest BCUT2D eigenvalue weighted by atomic mass is 35.5. The van der Waals surface area contributed by atoms with Crippen LogP contribution in [0.15, 0.2) is 30.4 Å². The van der Waals surface area contributed by atoms with Crippen molar-refractivity contribution in [2.75, 3.05) is 11.9 Å². The first kappa shape index (κ1) is 16.7. The van der Waals surface area contributed by atoms with E-state index in [4.69, 9.17) is 11.6 Å². The van der Waals surface area contributed by atoms with Crippen LogP contribution in [0.3, 0.4) is 0 Å². The molecule has 0 unspecified atom stereocenters. The molecule has 3 amide bonds. The van der Waals surface area contributed by atoms with Crippen molar-refractivity contribution in [1.29, 1.82) is 0 Å². The van der Waals surface area contributed by atoms with Crippen LogP contribution in [0.25, 0.3) is 0 Å². The Morgan fingerprint density at radius 1 is 1.23 bits per heavy atom. The molecule has 134 valence electrons. The van der Waals surface area contributed by atoms with Gasteiger partial charge in [0.25, 0.3) is 5.69 Å². The second kappa shape index (κ2) is 5.91. The number of hydrogen-bond acceptors (Lipinski definition) is 5. The van der Waals surface area contributed by atoms with E-state index in [1.165, 1.54) is 12.1 Å². The summed E-state index contributed by atoms with van der Waals surface area (Å²) in [5, 5.41) is 13.3. The van der Waals surface area contributed by atoms with Crippen LogP contribution in [0.2, 0.25) is 5.02 Å². The van der Waals surface area contributed by atoms with E-state index in [0.29, 0.717) is 0 Å². The third kappa shape index (κ3) is 2.48. The van der Waals surface area contributed by atoms with Gasteiger partial charge in [0, 0.05) is 11.8 Å². The molecular weight excluding hydrogens is 362 g/mol. The van der Waals surface area contributed by atoms with Crippen LogP contribution in [0.5, 0.6) is 0 Å². The van der Waals surface area contributed by atoms with Crippen molar-refractivity contribution in [3.05, 3.63) is 45.5 Å². The minimum absolute atomic E-state index is 0.0475. The summed E-state index contributed by atoms with van der Waals surface area (Å²) in [5.74, 6) is -1.78. The molecule has 3 aliphatic rings. The number of imide groups is 1. The number of rotatable bonds is 4. The van der Waals surface area contributed by atoms with Gasteiger partial charge in [-0.05, 0) is 30.4 Å². The molecule has 1 N–H and O–H groups in total. The fourth-order valence-electron chi connectivity index (χ4n) is 4.19. The van der Waals surface area contributed by atoms with Gasteiger partial charge in [0.05, 0.1) is 16.8 Å². The summed E-state index contributed by atoms with van der Waals surface area (Å²) in [5.41, 5.74) is -0.165. The smallest absolute Gasteiger partial charge is 0.289 e. The highest BCUT2D eigenvalue weighted by Crippen LogP contribution is 2.52. The zero-order valence-corrected chi connectivity index (χ0v) is 14.2. The van der Waals surface area contributed by atoms with Crippen LogP contribution in [0, 0.1) is 33.8 Å². The molecular formula is C17H14ClN3O5. The number of benzene rings is 1. The molecule has 9 heteroatoms. The number of allylic oxidation sites excluding steroid dienone is 2. The maximum absolute atomic E-state index is 12.5. The highest BCUT2D eigenvalue weighted by molar-refractivity contribution is 6.32. The summed E-state index contributed by atoms with van der Waals surface area (Å²) in [6.45, 7) is -0.402. The molecule has 2 aliphatic carbocycles. The van der Waals surface area contributed by atoms with Crippen LogP contribution < -0.4 is 5.32 Å². The largest absolute Gasteiger partial charge is 0.324 e. The number of nitro groups is 1.